The van der Waals surface area contributed by atoms with Gasteiger partial charge >= 0.3 is 0 Å². The third kappa shape index (κ3) is 4.78. The zero-order valence-corrected chi connectivity index (χ0v) is 11.6. The van der Waals surface area contributed by atoms with E-state index in [1.54, 1.807) is 0 Å². The summed E-state index contributed by atoms with van der Waals surface area (Å²) in [5.41, 5.74) is 2.77. The van der Waals surface area contributed by atoms with E-state index in [2.05, 4.69) is 61.5 Å². The van der Waals surface area contributed by atoms with E-state index in [0.29, 0.717) is 0 Å². The molecule has 0 unspecified atom stereocenters. The molecule has 0 bridgehead atoms. The lowest BCUT2D eigenvalue weighted by Crippen LogP contribution is -1.99. The van der Waals surface area contributed by atoms with E-state index >= 15 is 0 Å². The normalized spacial score (nSPS) is 10.4. The molecule has 1 heteroatoms. The van der Waals surface area contributed by atoms with E-state index in [1.165, 1.54) is 17.5 Å². The molecule has 2 rings (SSSR count). The highest BCUT2D eigenvalue weighted by Gasteiger charge is 1.96. The first-order chi connectivity index (χ1) is 9.38. The quantitative estimate of drug-likeness (QED) is 0.653. The van der Waals surface area contributed by atoms with Crippen LogP contribution in [-0.2, 0) is 12.8 Å². The zero-order chi connectivity index (χ0) is 13.3. The Morgan fingerprint density at radius 3 is 2.16 bits per heavy atom. The van der Waals surface area contributed by atoms with Crippen molar-refractivity contribution in [2.45, 2.75) is 32.6 Å². The number of rotatable bonds is 7. The standard InChI is InChI=1S/C18H22O/c1-2-7-16-11-13-18(14-12-16)19-15-6-10-17-8-4-3-5-9-17/h3-5,8-9,11-14H,2,6-7,10,15H2,1H3. The van der Waals surface area contributed by atoms with Crippen molar-refractivity contribution in [2.75, 3.05) is 6.61 Å². The van der Waals surface area contributed by atoms with Gasteiger partial charge in [0, 0.05) is 0 Å². The maximum Gasteiger partial charge on any atom is 0.119 e. The highest BCUT2D eigenvalue weighted by molar-refractivity contribution is 5.27. The minimum atomic E-state index is 0.780. The molecule has 0 aliphatic heterocycles. The fourth-order valence-corrected chi connectivity index (χ4v) is 2.15. The van der Waals surface area contributed by atoms with E-state index in [4.69, 9.17) is 4.74 Å². The van der Waals surface area contributed by atoms with Crippen molar-refractivity contribution >= 4 is 0 Å². The van der Waals surface area contributed by atoms with Crippen molar-refractivity contribution in [1.82, 2.24) is 0 Å². The molecule has 0 saturated carbocycles. The van der Waals surface area contributed by atoms with Crippen molar-refractivity contribution in [2.24, 2.45) is 0 Å². The molecule has 0 amide bonds. The first kappa shape index (κ1) is 13.7. The Bertz CT molecular complexity index is 459. The Morgan fingerprint density at radius 2 is 1.47 bits per heavy atom. The average Bonchev–Trinajstić information content (AvgIpc) is 2.47. The van der Waals surface area contributed by atoms with Gasteiger partial charge in [-0.15, -0.1) is 0 Å². The van der Waals surface area contributed by atoms with Crippen LogP contribution in [0.15, 0.2) is 54.6 Å². The summed E-state index contributed by atoms with van der Waals surface area (Å²) < 4.78 is 5.76. The van der Waals surface area contributed by atoms with E-state index < -0.39 is 0 Å². The van der Waals surface area contributed by atoms with E-state index in [1.807, 2.05) is 0 Å². The monoisotopic (exact) mass is 254 g/mol. The zero-order valence-electron chi connectivity index (χ0n) is 11.6. The summed E-state index contributed by atoms with van der Waals surface area (Å²) in [5.74, 6) is 0.980. The highest BCUT2D eigenvalue weighted by Crippen LogP contribution is 2.14. The number of hydrogen-bond donors (Lipinski definition) is 0. The average molecular weight is 254 g/mol. The molecule has 0 spiro atoms. The van der Waals surface area contributed by atoms with Crippen LogP contribution in [0, 0.1) is 0 Å². The molecule has 100 valence electrons. The smallest absolute Gasteiger partial charge is 0.119 e. The molecular weight excluding hydrogens is 232 g/mol. The van der Waals surface area contributed by atoms with E-state index in [0.717, 1.165) is 31.6 Å². The predicted octanol–water partition coefficient (Wildman–Crippen LogP) is 4.65. The van der Waals surface area contributed by atoms with E-state index in [9.17, 15) is 0 Å². The van der Waals surface area contributed by atoms with Gasteiger partial charge in [0.15, 0.2) is 0 Å². The Kier molecular flexibility index (Phi) is 5.49. The first-order valence-corrected chi connectivity index (χ1v) is 7.14. The van der Waals surface area contributed by atoms with Gasteiger partial charge in [-0.3, -0.25) is 0 Å². The molecule has 0 heterocycles. The Hall–Kier alpha value is -1.76. The molecule has 0 aromatic heterocycles. The van der Waals surface area contributed by atoms with Crippen molar-refractivity contribution < 1.29 is 4.74 Å². The summed E-state index contributed by atoms with van der Waals surface area (Å²) in [5, 5.41) is 0. The number of benzene rings is 2. The summed E-state index contributed by atoms with van der Waals surface area (Å²) in [7, 11) is 0. The lowest BCUT2D eigenvalue weighted by molar-refractivity contribution is 0.311. The van der Waals surface area contributed by atoms with Crippen LogP contribution in [-0.4, -0.2) is 6.61 Å². The van der Waals surface area contributed by atoms with Gasteiger partial charge in [-0.1, -0.05) is 55.8 Å². The summed E-state index contributed by atoms with van der Waals surface area (Å²) in [6.45, 7) is 2.98. The van der Waals surface area contributed by atoms with Gasteiger partial charge < -0.3 is 4.74 Å². The van der Waals surface area contributed by atoms with Gasteiger partial charge in [-0.25, -0.2) is 0 Å². The summed E-state index contributed by atoms with van der Waals surface area (Å²) in [4.78, 5) is 0. The van der Waals surface area contributed by atoms with Gasteiger partial charge in [-0.2, -0.15) is 0 Å². The summed E-state index contributed by atoms with van der Waals surface area (Å²) >= 11 is 0. The molecule has 0 fully saturated rings. The fraction of sp³-hybridized carbons (Fsp3) is 0.333. The van der Waals surface area contributed by atoms with Crippen LogP contribution in [0.3, 0.4) is 0 Å². The molecular formula is C18H22O. The molecule has 0 N–H and O–H groups in total. The minimum Gasteiger partial charge on any atom is -0.494 e. The first-order valence-electron chi connectivity index (χ1n) is 7.14. The third-order valence-corrected chi connectivity index (χ3v) is 3.18. The minimum absolute atomic E-state index is 0.780. The molecule has 0 radical (unpaired) electrons. The largest absolute Gasteiger partial charge is 0.494 e. The van der Waals surface area contributed by atoms with Crippen LogP contribution in [0.4, 0.5) is 0 Å². The van der Waals surface area contributed by atoms with Crippen LogP contribution in [0.2, 0.25) is 0 Å². The third-order valence-electron chi connectivity index (χ3n) is 3.18. The van der Waals surface area contributed by atoms with Gasteiger partial charge in [0.05, 0.1) is 6.61 Å². The second kappa shape index (κ2) is 7.63. The molecule has 0 saturated heterocycles. The van der Waals surface area contributed by atoms with Crippen LogP contribution in [0.5, 0.6) is 5.75 Å². The molecule has 2 aromatic carbocycles. The van der Waals surface area contributed by atoms with Crippen LogP contribution < -0.4 is 4.74 Å². The molecule has 0 atom stereocenters. The maximum absolute atomic E-state index is 5.76. The topological polar surface area (TPSA) is 9.23 Å². The van der Waals surface area contributed by atoms with Crippen LogP contribution in [0.1, 0.15) is 30.9 Å². The van der Waals surface area contributed by atoms with Crippen LogP contribution >= 0.6 is 0 Å². The number of aryl methyl sites for hydroxylation is 2. The van der Waals surface area contributed by atoms with Gasteiger partial charge in [0.2, 0.25) is 0 Å². The molecule has 0 aliphatic rings. The number of hydrogen-bond acceptors (Lipinski definition) is 1. The van der Waals surface area contributed by atoms with Crippen molar-refractivity contribution in [1.29, 1.82) is 0 Å². The maximum atomic E-state index is 5.76. The highest BCUT2D eigenvalue weighted by atomic mass is 16.5. The SMILES string of the molecule is CCCc1ccc(OCCCc2ccccc2)cc1. The van der Waals surface area contributed by atoms with Gasteiger partial charge in [0.25, 0.3) is 0 Å². The molecule has 1 nitrogen and oxygen atoms in total. The van der Waals surface area contributed by atoms with E-state index in [-0.39, 0.29) is 0 Å². The summed E-state index contributed by atoms with van der Waals surface area (Å²) in [6, 6.07) is 19.0. The lowest BCUT2D eigenvalue weighted by Gasteiger charge is -2.07. The van der Waals surface area contributed by atoms with Crippen molar-refractivity contribution in [3.05, 3.63) is 65.7 Å². The summed E-state index contributed by atoms with van der Waals surface area (Å²) in [6.07, 6.45) is 4.47. The number of ether oxygens (including phenoxy) is 1. The lowest BCUT2D eigenvalue weighted by atomic mass is 10.1. The second-order valence-corrected chi connectivity index (χ2v) is 4.83. The Morgan fingerprint density at radius 1 is 0.789 bits per heavy atom. The fourth-order valence-electron chi connectivity index (χ4n) is 2.15. The molecule has 2 aromatic rings. The second-order valence-electron chi connectivity index (χ2n) is 4.83. The Balaban J connectivity index is 1.70. The predicted molar refractivity (Wildman–Crippen MR) is 80.7 cm³/mol. The van der Waals surface area contributed by atoms with Crippen molar-refractivity contribution in [3.8, 4) is 5.75 Å². The van der Waals surface area contributed by atoms with Gasteiger partial charge in [0.1, 0.15) is 5.75 Å². The van der Waals surface area contributed by atoms with Crippen LogP contribution in [0.25, 0.3) is 0 Å². The molecule has 0 aliphatic carbocycles. The van der Waals surface area contributed by atoms with Crippen molar-refractivity contribution in [3.63, 3.8) is 0 Å². The van der Waals surface area contributed by atoms with Gasteiger partial charge in [-0.05, 0) is 42.5 Å². The Labute approximate surface area is 116 Å². The molecule has 19 heavy (non-hydrogen) atoms.